The van der Waals surface area contributed by atoms with E-state index in [2.05, 4.69) is 9.71 Å². The lowest BCUT2D eigenvalue weighted by Crippen LogP contribution is -2.14. The van der Waals surface area contributed by atoms with Crippen molar-refractivity contribution in [3.63, 3.8) is 0 Å². The number of sulfonamides is 1. The number of nitrogens with one attached hydrogen (secondary N) is 1. The highest BCUT2D eigenvalue weighted by Crippen LogP contribution is 2.27. The second kappa shape index (κ2) is 7.56. The molecule has 0 saturated heterocycles. The number of oxazole rings is 1. The lowest BCUT2D eigenvalue weighted by Gasteiger charge is -2.12. The summed E-state index contributed by atoms with van der Waals surface area (Å²) in [7, 11) is -3.69. The maximum absolute atomic E-state index is 12.8. The molecule has 0 aliphatic rings. The zero-order valence-electron chi connectivity index (χ0n) is 16.1. The van der Waals surface area contributed by atoms with Gasteiger partial charge < -0.3 is 4.42 Å². The number of hydrogen-bond donors (Lipinski definition) is 1. The number of aryl methyl sites for hydroxylation is 1. The molecule has 0 aliphatic carbocycles. The molecular formula is C23H20N2O3S. The minimum Gasteiger partial charge on any atom is -0.436 e. The van der Waals surface area contributed by atoms with Crippen molar-refractivity contribution in [2.45, 2.75) is 18.7 Å². The molecule has 0 fully saturated rings. The molecule has 0 saturated carbocycles. The third kappa shape index (κ3) is 3.93. The summed E-state index contributed by atoms with van der Waals surface area (Å²) in [6.07, 6.45) is 1.66. The maximum atomic E-state index is 12.8. The summed E-state index contributed by atoms with van der Waals surface area (Å²) in [6.45, 7) is 3.84. The molecule has 5 nitrogen and oxygen atoms in total. The Morgan fingerprint density at radius 3 is 2.28 bits per heavy atom. The van der Waals surface area contributed by atoms with Crippen molar-refractivity contribution in [3.05, 3.63) is 90.1 Å². The van der Waals surface area contributed by atoms with Gasteiger partial charge in [-0.1, -0.05) is 42.5 Å². The molecule has 29 heavy (non-hydrogen) atoms. The average molecular weight is 404 g/mol. The molecule has 0 spiro atoms. The van der Waals surface area contributed by atoms with E-state index in [-0.39, 0.29) is 4.90 Å². The summed E-state index contributed by atoms with van der Waals surface area (Å²) < 4.78 is 34.0. The predicted molar refractivity (Wildman–Crippen MR) is 114 cm³/mol. The van der Waals surface area contributed by atoms with E-state index in [9.17, 15) is 8.42 Å². The normalized spacial score (nSPS) is 11.4. The molecule has 146 valence electrons. The standard InChI is InChI=1S/C23H20N2O3S/c1-16-7-6-10-21(17(16)2)25-29(26,27)20-13-11-19(12-14-20)23-24-15-22(28-23)18-8-4-3-5-9-18/h3-15,25H,1-2H3. The van der Waals surface area contributed by atoms with Crippen LogP contribution in [0.4, 0.5) is 5.69 Å². The fourth-order valence-electron chi connectivity index (χ4n) is 2.99. The first kappa shape index (κ1) is 19.0. The SMILES string of the molecule is Cc1cccc(NS(=O)(=O)c2ccc(-c3ncc(-c4ccccc4)o3)cc2)c1C. The quantitative estimate of drug-likeness (QED) is 0.482. The Labute approximate surface area is 170 Å². The molecule has 4 aromatic rings. The number of aromatic nitrogens is 1. The molecule has 0 bridgehead atoms. The molecule has 0 unspecified atom stereocenters. The highest BCUT2D eigenvalue weighted by atomic mass is 32.2. The van der Waals surface area contributed by atoms with Crippen molar-refractivity contribution < 1.29 is 12.8 Å². The lowest BCUT2D eigenvalue weighted by molar-refractivity contribution is 0.588. The smallest absolute Gasteiger partial charge is 0.261 e. The van der Waals surface area contributed by atoms with Crippen LogP contribution in [0.15, 0.2) is 88.3 Å². The van der Waals surface area contributed by atoms with Gasteiger partial charge in [-0.2, -0.15) is 0 Å². The van der Waals surface area contributed by atoms with E-state index in [0.717, 1.165) is 16.7 Å². The summed E-state index contributed by atoms with van der Waals surface area (Å²) in [5.41, 5.74) is 4.15. The van der Waals surface area contributed by atoms with Gasteiger partial charge in [-0.25, -0.2) is 13.4 Å². The third-order valence-corrected chi connectivity index (χ3v) is 6.21. The number of nitrogens with zero attached hydrogens (tertiary/aromatic N) is 1. The van der Waals surface area contributed by atoms with Crippen molar-refractivity contribution in [1.82, 2.24) is 4.98 Å². The van der Waals surface area contributed by atoms with Crippen LogP contribution in [0.3, 0.4) is 0 Å². The van der Waals surface area contributed by atoms with Crippen LogP contribution >= 0.6 is 0 Å². The van der Waals surface area contributed by atoms with Crippen molar-refractivity contribution >= 4 is 15.7 Å². The van der Waals surface area contributed by atoms with Crippen LogP contribution in [0.25, 0.3) is 22.8 Å². The summed E-state index contributed by atoms with van der Waals surface area (Å²) >= 11 is 0. The Morgan fingerprint density at radius 1 is 0.828 bits per heavy atom. The van der Waals surface area contributed by atoms with E-state index < -0.39 is 10.0 Å². The Morgan fingerprint density at radius 2 is 1.55 bits per heavy atom. The summed E-state index contributed by atoms with van der Waals surface area (Å²) in [5.74, 6) is 1.10. The van der Waals surface area contributed by atoms with Gasteiger partial charge in [-0.05, 0) is 55.3 Å². The largest absolute Gasteiger partial charge is 0.436 e. The van der Waals surface area contributed by atoms with E-state index in [1.54, 1.807) is 36.5 Å². The Hall–Kier alpha value is -3.38. The number of benzene rings is 3. The van der Waals surface area contributed by atoms with Crippen molar-refractivity contribution in [2.75, 3.05) is 4.72 Å². The fourth-order valence-corrected chi connectivity index (χ4v) is 4.11. The third-order valence-electron chi connectivity index (χ3n) is 4.82. The topological polar surface area (TPSA) is 72.2 Å². The Kier molecular flexibility index (Phi) is 4.94. The van der Waals surface area contributed by atoms with Crippen LogP contribution in [-0.4, -0.2) is 13.4 Å². The van der Waals surface area contributed by atoms with Gasteiger partial charge in [0.15, 0.2) is 5.76 Å². The van der Waals surface area contributed by atoms with Crippen LogP contribution in [-0.2, 0) is 10.0 Å². The molecule has 1 heterocycles. The van der Waals surface area contributed by atoms with Gasteiger partial charge in [0.05, 0.1) is 16.8 Å². The highest BCUT2D eigenvalue weighted by molar-refractivity contribution is 7.92. The van der Waals surface area contributed by atoms with E-state index in [1.807, 2.05) is 56.3 Å². The Bertz CT molecular complexity index is 1250. The monoisotopic (exact) mass is 404 g/mol. The maximum Gasteiger partial charge on any atom is 0.261 e. The molecule has 0 aliphatic heterocycles. The molecular weight excluding hydrogens is 384 g/mol. The molecule has 0 radical (unpaired) electrons. The molecule has 3 aromatic carbocycles. The molecule has 1 aromatic heterocycles. The van der Waals surface area contributed by atoms with Gasteiger partial charge in [0.1, 0.15) is 0 Å². The van der Waals surface area contributed by atoms with E-state index in [4.69, 9.17) is 4.42 Å². The number of rotatable bonds is 5. The van der Waals surface area contributed by atoms with Crippen LogP contribution in [0.1, 0.15) is 11.1 Å². The molecule has 6 heteroatoms. The van der Waals surface area contributed by atoms with Crippen molar-refractivity contribution in [2.24, 2.45) is 0 Å². The van der Waals surface area contributed by atoms with Gasteiger partial charge in [-0.3, -0.25) is 4.72 Å². The average Bonchev–Trinajstić information content (AvgIpc) is 3.22. The number of hydrogen-bond acceptors (Lipinski definition) is 4. The lowest BCUT2D eigenvalue weighted by atomic mass is 10.1. The summed E-state index contributed by atoms with van der Waals surface area (Å²) in [6, 6.07) is 21.7. The zero-order valence-corrected chi connectivity index (χ0v) is 16.9. The minimum absolute atomic E-state index is 0.178. The molecule has 1 N–H and O–H groups in total. The first-order valence-electron chi connectivity index (χ1n) is 9.15. The zero-order chi connectivity index (χ0) is 20.4. The highest BCUT2D eigenvalue weighted by Gasteiger charge is 2.17. The second-order valence-electron chi connectivity index (χ2n) is 6.77. The van der Waals surface area contributed by atoms with Gasteiger partial charge in [0.25, 0.3) is 10.0 Å². The van der Waals surface area contributed by atoms with Gasteiger partial charge in [0.2, 0.25) is 5.89 Å². The van der Waals surface area contributed by atoms with Gasteiger partial charge in [0, 0.05) is 11.1 Å². The van der Waals surface area contributed by atoms with E-state index in [1.165, 1.54) is 0 Å². The molecule has 0 atom stereocenters. The first-order chi connectivity index (χ1) is 13.9. The van der Waals surface area contributed by atoms with Crippen LogP contribution in [0.5, 0.6) is 0 Å². The van der Waals surface area contributed by atoms with Crippen LogP contribution < -0.4 is 4.72 Å². The van der Waals surface area contributed by atoms with E-state index >= 15 is 0 Å². The number of anilines is 1. The van der Waals surface area contributed by atoms with Gasteiger partial charge in [-0.15, -0.1) is 0 Å². The van der Waals surface area contributed by atoms with Crippen LogP contribution in [0.2, 0.25) is 0 Å². The fraction of sp³-hybridized carbons (Fsp3) is 0.0870. The minimum atomic E-state index is -3.69. The molecule has 4 rings (SSSR count). The second-order valence-corrected chi connectivity index (χ2v) is 8.46. The van der Waals surface area contributed by atoms with Crippen molar-refractivity contribution in [3.8, 4) is 22.8 Å². The van der Waals surface area contributed by atoms with Crippen LogP contribution in [0, 0.1) is 13.8 Å². The van der Waals surface area contributed by atoms with Crippen molar-refractivity contribution in [1.29, 1.82) is 0 Å². The Balaban J connectivity index is 1.58. The predicted octanol–water partition coefficient (Wildman–Crippen LogP) is 5.43. The first-order valence-corrected chi connectivity index (χ1v) is 10.6. The summed E-state index contributed by atoms with van der Waals surface area (Å²) in [5, 5.41) is 0. The molecule has 0 amide bonds. The van der Waals surface area contributed by atoms with E-state index in [0.29, 0.717) is 22.9 Å². The summed E-state index contributed by atoms with van der Waals surface area (Å²) in [4.78, 5) is 4.49. The van der Waals surface area contributed by atoms with Gasteiger partial charge >= 0.3 is 0 Å².